The zero-order valence-corrected chi connectivity index (χ0v) is 16.9. The zero-order valence-electron chi connectivity index (χ0n) is 16.1. The van der Waals surface area contributed by atoms with Gasteiger partial charge in [0.1, 0.15) is 11.5 Å². The molecule has 148 valence electrons. The van der Waals surface area contributed by atoms with E-state index in [-0.39, 0.29) is 23.8 Å². The van der Waals surface area contributed by atoms with Gasteiger partial charge in [-0.05, 0) is 23.6 Å². The minimum absolute atomic E-state index is 0.0300. The van der Waals surface area contributed by atoms with Crippen LogP contribution in [0.5, 0.6) is 11.5 Å². The number of hydrogen-bond acceptors (Lipinski definition) is 5. The number of carbonyl (C=O) groups is 2. The molecule has 7 heteroatoms. The number of rotatable bonds is 3. The third-order valence-corrected chi connectivity index (χ3v) is 6.38. The van der Waals surface area contributed by atoms with E-state index in [0.717, 1.165) is 21.9 Å². The van der Waals surface area contributed by atoms with Crippen LogP contribution in [0.4, 0.5) is 0 Å². The molecule has 0 spiro atoms. The largest absolute Gasteiger partial charge is 0.497 e. The number of benzene rings is 1. The van der Waals surface area contributed by atoms with E-state index in [1.165, 1.54) is 0 Å². The molecule has 2 aromatic rings. The first-order valence-corrected chi connectivity index (χ1v) is 10.3. The van der Waals surface area contributed by atoms with Crippen molar-refractivity contribution in [3.63, 3.8) is 0 Å². The highest BCUT2D eigenvalue weighted by Gasteiger charge is 2.40. The van der Waals surface area contributed by atoms with Gasteiger partial charge >= 0.3 is 0 Å². The van der Waals surface area contributed by atoms with Crippen molar-refractivity contribution in [1.29, 1.82) is 0 Å². The van der Waals surface area contributed by atoms with Crippen LogP contribution >= 0.6 is 11.3 Å². The second-order valence-corrected chi connectivity index (χ2v) is 8.32. The van der Waals surface area contributed by atoms with Crippen LogP contribution in [0.2, 0.25) is 0 Å². The molecule has 2 aliphatic rings. The van der Waals surface area contributed by atoms with Gasteiger partial charge in [0.2, 0.25) is 11.8 Å². The van der Waals surface area contributed by atoms with Crippen molar-refractivity contribution in [3.8, 4) is 11.5 Å². The first-order chi connectivity index (χ1) is 13.6. The van der Waals surface area contributed by atoms with Crippen LogP contribution in [0.3, 0.4) is 0 Å². The molecule has 2 aliphatic heterocycles. The molecular weight excluding hydrogens is 376 g/mol. The van der Waals surface area contributed by atoms with E-state index in [1.54, 1.807) is 23.3 Å². The molecule has 1 fully saturated rings. The quantitative estimate of drug-likeness (QED) is 0.795. The molecule has 2 atom stereocenters. The van der Waals surface area contributed by atoms with Gasteiger partial charge in [-0.1, -0.05) is 6.07 Å². The van der Waals surface area contributed by atoms with E-state index in [2.05, 4.69) is 0 Å². The minimum atomic E-state index is -0.113. The first-order valence-electron chi connectivity index (χ1n) is 9.43. The summed E-state index contributed by atoms with van der Waals surface area (Å²) >= 11 is 1.58. The van der Waals surface area contributed by atoms with Crippen LogP contribution < -0.4 is 9.47 Å². The Hall–Kier alpha value is -2.54. The highest BCUT2D eigenvalue weighted by molar-refractivity contribution is 7.10. The molecule has 6 nitrogen and oxygen atoms in total. The number of thiophene rings is 1. The van der Waals surface area contributed by atoms with Gasteiger partial charge < -0.3 is 19.3 Å². The fraction of sp³-hybridized carbons (Fsp3) is 0.429. The third-order valence-electron chi connectivity index (χ3n) is 5.50. The highest BCUT2D eigenvalue weighted by atomic mass is 32.1. The van der Waals surface area contributed by atoms with Gasteiger partial charge in [0.15, 0.2) is 0 Å². The number of carbonyl (C=O) groups excluding carboxylic acids is 2. The Balaban J connectivity index is 1.71. The Labute approximate surface area is 168 Å². The minimum Gasteiger partial charge on any atom is -0.497 e. The Morgan fingerprint density at radius 1 is 1.36 bits per heavy atom. The maximum atomic E-state index is 13.2. The van der Waals surface area contributed by atoms with Gasteiger partial charge in [-0.2, -0.15) is 0 Å². The summed E-state index contributed by atoms with van der Waals surface area (Å²) in [6.45, 7) is 1.45. The molecule has 2 amide bonds. The first kappa shape index (κ1) is 18.8. The maximum Gasteiger partial charge on any atom is 0.228 e. The summed E-state index contributed by atoms with van der Waals surface area (Å²) in [4.78, 5) is 30.3. The van der Waals surface area contributed by atoms with Gasteiger partial charge in [0.25, 0.3) is 0 Å². The summed E-state index contributed by atoms with van der Waals surface area (Å²) < 4.78 is 11.3. The predicted molar refractivity (Wildman–Crippen MR) is 107 cm³/mol. The summed E-state index contributed by atoms with van der Waals surface area (Å²) in [5.41, 5.74) is 0.985. The standard InChI is InChI=1S/C21H24N2O4S/c1-22-12-14-13-27-18-10-15(26-2)5-6-17(18)21(14)23(8-7-19(22)24)20(25)11-16-4-3-9-28-16/h3-6,9-10,14,21H,7-8,11-13H2,1-2H3/t14-,21-/m0/s1. The van der Waals surface area contributed by atoms with Crippen LogP contribution in [0.25, 0.3) is 0 Å². The van der Waals surface area contributed by atoms with Crippen LogP contribution in [0.1, 0.15) is 22.9 Å². The molecule has 1 aromatic carbocycles. The monoisotopic (exact) mass is 400 g/mol. The summed E-state index contributed by atoms with van der Waals surface area (Å²) in [6.07, 6.45) is 0.694. The number of fused-ring (bicyclic) bond motifs is 3. The van der Waals surface area contributed by atoms with Crippen molar-refractivity contribution in [2.75, 3.05) is 33.9 Å². The number of amides is 2. The third kappa shape index (κ3) is 3.58. The second-order valence-electron chi connectivity index (χ2n) is 7.29. The van der Waals surface area contributed by atoms with E-state index in [4.69, 9.17) is 9.47 Å². The molecule has 1 saturated heterocycles. The lowest BCUT2D eigenvalue weighted by molar-refractivity contribution is -0.141. The molecule has 1 aromatic heterocycles. The lowest BCUT2D eigenvalue weighted by Crippen LogP contribution is -2.50. The SMILES string of the molecule is COc1ccc2c(c1)OC[C@@H]1CN(C)C(=O)CCN(C(=O)Cc3cccs3)[C@H]21. The molecular formula is C21H24N2O4S. The molecule has 28 heavy (non-hydrogen) atoms. The van der Waals surface area contributed by atoms with E-state index in [1.807, 2.05) is 47.7 Å². The average molecular weight is 401 g/mol. The molecule has 0 unspecified atom stereocenters. The summed E-state index contributed by atoms with van der Waals surface area (Å²) in [6, 6.07) is 9.59. The lowest BCUT2D eigenvalue weighted by Gasteiger charge is -2.44. The summed E-state index contributed by atoms with van der Waals surface area (Å²) in [7, 11) is 3.45. The van der Waals surface area contributed by atoms with Gasteiger partial charge in [-0.3, -0.25) is 9.59 Å². The van der Waals surface area contributed by atoms with Crippen molar-refractivity contribution in [2.45, 2.75) is 18.9 Å². The normalized spacial score (nSPS) is 21.9. The Kier molecular flexibility index (Phi) is 5.26. The van der Waals surface area contributed by atoms with Crippen molar-refractivity contribution in [1.82, 2.24) is 9.80 Å². The molecule has 0 radical (unpaired) electrons. The van der Waals surface area contributed by atoms with Crippen LogP contribution in [-0.4, -0.2) is 55.5 Å². The highest BCUT2D eigenvalue weighted by Crippen LogP contribution is 2.42. The molecule has 0 saturated carbocycles. The van der Waals surface area contributed by atoms with Gasteiger partial charge in [0, 0.05) is 49.0 Å². The van der Waals surface area contributed by atoms with Crippen molar-refractivity contribution >= 4 is 23.2 Å². The Morgan fingerprint density at radius 2 is 2.21 bits per heavy atom. The summed E-state index contributed by atoms with van der Waals surface area (Å²) in [5, 5.41) is 1.98. The van der Waals surface area contributed by atoms with Gasteiger partial charge in [-0.15, -0.1) is 11.3 Å². The molecule has 0 N–H and O–H groups in total. The number of ether oxygens (including phenoxy) is 2. The van der Waals surface area contributed by atoms with Crippen molar-refractivity contribution < 1.29 is 19.1 Å². The smallest absolute Gasteiger partial charge is 0.228 e. The molecule has 3 heterocycles. The zero-order chi connectivity index (χ0) is 19.7. The van der Waals surface area contributed by atoms with E-state index in [0.29, 0.717) is 32.5 Å². The fourth-order valence-corrected chi connectivity index (χ4v) is 4.77. The summed E-state index contributed by atoms with van der Waals surface area (Å²) in [5.74, 6) is 1.63. The van der Waals surface area contributed by atoms with Crippen LogP contribution in [-0.2, 0) is 16.0 Å². The van der Waals surface area contributed by atoms with E-state index < -0.39 is 0 Å². The Morgan fingerprint density at radius 3 is 2.96 bits per heavy atom. The molecule has 0 bridgehead atoms. The van der Waals surface area contributed by atoms with Crippen LogP contribution in [0.15, 0.2) is 35.7 Å². The van der Waals surface area contributed by atoms with Crippen molar-refractivity contribution in [2.24, 2.45) is 5.92 Å². The number of nitrogens with zero attached hydrogens (tertiary/aromatic N) is 2. The number of methoxy groups -OCH3 is 1. The maximum absolute atomic E-state index is 13.2. The topological polar surface area (TPSA) is 59.1 Å². The molecule has 0 aliphatic carbocycles. The second kappa shape index (κ2) is 7.83. The average Bonchev–Trinajstić information content (AvgIpc) is 3.20. The van der Waals surface area contributed by atoms with Crippen molar-refractivity contribution in [3.05, 3.63) is 46.2 Å². The Bertz CT molecular complexity index is 867. The van der Waals surface area contributed by atoms with Gasteiger partial charge in [-0.25, -0.2) is 0 Å². The fourth-order valence-electron chi connectivity index (χ4n) is 4.07. The lowest BCUT2D eigenvalue weighted by atomic mass is 9.87. The van der Waals surface area contributed by atoms with E-state index >= 15 is 0 Å². The van der Waals surface area contributed by atoms with Crippen LogP contribution in [0, 0.1) is 5.92 Å². The number of hydrogen-bond donors (Lipinski definition) is 0. The van der Waals surface area contributed by atoms with E-state index in [9.17, 15) is 9.59 Å². The predicted octanol–water partition coefficient (Wildman–Crippen LogP) is 2.74. The molecule has 4 rings (SSSR count). The van der Waals surface area contributed by atoms with Gasteiger partial charge in [0.05, 0.1) is 26.2 Å².